The Hall–Kier alpha value is -2.63. The quantitative estimate of drug-likeness (QED) is 0.884. The standard InChI is InChI=1S/C16H19N3O3/c1-16(2,3)22-15(21)11-7-8-13(17-10-11)18-14(20)12-6-5-9-19(12)4/h5-10H,1-4H3,(H,17,18,20). The van der Waals surface area contributed by atoms with Crippen molar-refractivity contribution in [3.63, 3.8) is 0 Å². The van der Waals surface area contributed by atoms with Crippen LogP contribution in [0.3, 0.4) is 0 Å². The molecule has 2 heterocycles. The van der Waals surface area contributed by atoms with Crippen LogP contribution in [0.4, 0.5) is 5.82 Å². The van der Waals surface area contributed by atoms with Gasteiger partial charge >= 0.3 is 5.97 Å². The van der Waals surface area contributed by atoms with E-state index in [4.69, 9.17) is 4.74 Å². The van der Waals surface area contributed by atoms with Gasteiger partial charge in [-0.1, -0.05) is 0 Å². The van der Waals surface area contributed by atoms with Crippen LogP contribution < -0.4 is 5.32 Å². The average molecular weight is 301 g/mol. The number of aromatic nitrogens is 2. The topological polar surface area (TPSA) is 73.2 Å². The average Bonchev–Trinajstić information content (AvgIpc) is 2.84. The van der Waals surface area contributed by atoms with Crippen molar-refractivity contribution in [2.24, 2.45) is 7.05 Å². The zero-order chi connectivity index (χ0) is 16.3. The fourth-order valence-corrected chi connectivity index (χ4v) is 1.80. The van der Waals surface area contributed by atoms with Gasteiger partial charge in [-0.15, -0.1) is 0 Å². The number of nitrogens with zero attached hydrogens (tertiary/aromatic N) is 2. The van der Waals surface area contributed by atoms with Gasteiger partial charge in [0.25, 0.3) is 5.91 Å². The van der Waals surface area contributed by atoms with Gasteiger partial charge in [-0.05, 0) is 45.0 Å². The first-order valence-electron chi connectivity index (χ1n) is 6.88. The Morgan fingerprint density at radius 1 is 1.23 bits per heavy atom. The molecule has 1 amide bonds. The first-order chi connectivity index (χ1) is 10.3. The summed E-state index contributed by atoms with van der Waals surface area (Å²) >= 11 is 0. The third-order valence-electron chi connectivity index (χ3n) is 2.82. The van der Waals surface area contributed by atoms with E-state index in [9.17, 15) is 9.59 Å². The van der Waals surface area contributed by atoms with Crippen molar-refractivity contribution in [1.29, 1.82) is 0 Å². The Morgan fingerprint density at radius 3 is 2.45 bits per heavy atom. The lowest BCUT2D eigenvalue weighted by Gasteiger charge is -2.19. The summed E-state index contributed by atoms with van der Waals surface area (Å²) in [5.74, 6) is -0.330. The molecule has 0 bridgehead atoms. The number of anilines is 1. The van der Waals surface area contributed by atoms with E-state index in [0.29, 0.717) is 17.1 Å². The lowest BCUT2D eigenvalue weighted by atomic mass is 10.2. The molecular weight excluding hydrogens is 282 g/mol. The van der Waals surface area contributed by atoms with Gasteiger partial charge in [-0.2, -0.15) is 0 Å². The second kappa shape index (κ2) is 6.01. The molecule has 0 fully saturated rings. The number of esters is 1. The second-order valence-electron chi connectivity index (χ2n) is 5.89. The molecule has 0 aromatic carbocycles. The summed E-state index contributed by atoms with van der Waals surface area (Å²) in [6, 6.07) is 6.64. The van der Waals surface area contributed by atoms with E-state index >= 15 is 0 Å². The molecule has 0 radical (unpaired) electrons. The molecule has 0 atom stereocenters. The molecular formula is C16H19N3O3. The molecule has 116 valence electrons. The third kappa shape index (κ3) is 3.94. The molecule has 2 rings (SSSR count). The smallest absolute Gasteiger partial charge is 0.340 e. The molecule has 0 unspecified atom stereocenters. The van der Waals surface area contributed by atoms with Crippen molar-refractivity contribution < 1.29 is 14.3 Å². The highest BCUT2D eigenvalue weighted by Crippen LogP contribution is 2.13. The van der Waals surface area contributed by atoms with Gasteiger partial charge < -0.3 is 14.6 Å². The van der Waals surface area contributed by atoms with Crippen LogP contribution in [0, 0.1) is 0 Å². The number of nitrogens with one attached hydrogen (secondary N) is 1. The van der Waals surface area contributed by atoms with Crippen molar-refractivity contribution >= 4 is 17.7 Å². The fourth-order valence-electron chi connectivity index (χ4n) is 1.80. The van der Waals surface area contributed by atoms with Crippen molar-refractivity contribution in [2.45, 2.75) is 26.4 Å². The first kappa shape index (κ1) is 15.8. The number of rotatable bonds is 3. The number of amides is 1. The summed E-state index contributed by atoms with van der Waals surface area (Å²) in [6.07, 6.45) is 3.17. The molecule has 1 N–H and O–H groups in total. The molecule has 22 heavy (non-hydrogen) atoms. The summed E-state index contributed by atoms with van der Waals surface area (Å²) in [4.78, 5) is 28.0. The summed E-state index contributed by atoms with van der Waals surface area (Å²) < 4.78 is 6.96. The molecule has 0 saturated carbocycles. The normalized spacial score (nSPS) is 11.1. The summed E-state index contributed by atoms with van der Waals surface area (Å²) in [7, 11) is 1.79. The lowest BCUT2D eigenvalue weighted by Crippen LogP contribution is -2.24. The predicted molar refractivity (Wildman–Crippen MR) is 82.8 cm³/mol. The first-order valence-corrected chi connectivity index (χ1v) is 6.88. The molecule has 0 spiro atoms. The Bertz CT molecular complexity index is 681. The number of hydrogen-bond acceptors (Lipinski definition) is 4. The Kier molecular flexibility index (Phi) is 4.30. The van der Waals surface area contributed by atoms with Crippen LogP contribution >= 0.6 is 0 Å². The van der Waals surface area contributed by atoms with Gasteiger partial charge in [-0.25, -0.2) is 9.78 Å². The molecule has 0 aliphatic heterocycles. The molecule has 6 nitrogen and oxygen atoms in total. The highest BCUT2D eigenvalue weighted by Gasteiger charge is 2.18. The van der Waals surface area contributed by atoms with Crippen molar-refractivity contribution in [3.05, 3.63) is 47.9 Å². The Labute approximate surface area is 129 Å². The maximum atomic E-state index is 12.0. The van der Waals surface area contributed by atoms with Gasteiger partial charge in [0.05, 0.1) is 5.56 Å². The maximum absolute atomic E-state index is 12.0. The highest BCUT2D eigenvalue weighted by molar-refractivity contribution is 6.02. The van der Waals surface area contributed by atoms with Gasteiger partial charge in [0, 0.05) is 19.4 Å². The molecule has 0 aliphatic rings. The molecule has 2 aromatic heterocycles. The number of carbonyl (C=O) groups excluding carboxylic acids is 2. The van der Waals surface area contributed by atoms with E-state index in [0.717, 1.165) is 0 Å². The van der Waals surface area contributed by atoms with Gasteiger partial charge in [-0.3, -0.25) is 4.79 Å². The summed E-state index contributed by atoms with van der Waals surface area (Å²) in [5, 5.41) is 2.68. The number of hydrogen-bond donors (Lipinski definition) is 1. The summed E-state index contributed by atoms with van der Waals surface area (Å²) in [5.41, 5.74) is 0.307. The molecule has 0 saturated heterocycles. The molecule has 6 heteroatoms. The monoisotopic (exact) mass is 301 g/mol. The van der Waals surface area contributed by atoms with Crippen LogP contribution in [0.5, 0.6) is 0 Å². The van der Waals surface area contributed by atoms with Crippen LogP contribution in [-0.2, 0) is 11.8 Å². The molecule has 0 aliphatic carbocycles. The minimum atomic E-state index is -0.559. The van der Waals surface area contributed by atoms with Gasteiger partial charge in [0.2, 0.25) is 0 Å². The van der Waals surface area contributed by atoms with E-state index in [-0.39, 0.29) is 5.91 Å². The fraction of sp³-hybridized carbons (Fsp3) is 0.312. The highest BCUT2D eigenvalue weighted by atomic mass is 16.6. The number of carbonyl (C=O) groups is 2. The third-order valence-corrected chi connectivity index (χ3v) is 2.82. The van der Waals surface area contributed by atoms with E-state index in [1.165, 1.54) is 6.20 Å². The Morgan fingerprint density at radius 2 is 1.95 bits per heavy atom. The lowest BCUT2D eigenvalue weighted by molar-refractivity contribution is 0.00691. The number of pyridine rings is 1. The van der Waals surface area contributed by atoms with Crippen LogP contribution in [-0.4, -0.2) is 27.0 Å². The Balaban J connectivity index is 2.05. The van der Waals surface area contributed by atoms with Crippen LogP contribution in [0.1, 0.15) is 41.6 Å². The maximum Gasteiger partial charge on any atom is 0.340 e. The van der Waals surface area contributed by atoms with Crippen LogP contribution in [0.15, 0.2) is 36.7 Å². The zero-order valence-electron chi connectivity index (χ0n) is 13.1. The number of ether oxygens (including phenoxy) is 1. The van der Waals surface area contributed by atoms with Crippen LogP contribution in [0.2, 0.25) is 0 Å². The van der Waals surface area contributed by atoms with E-state index in [1.54, 1.807) is 62.8 Å². The minimum Gasteiger partial charge on any atom is -0.456 e. The largest absolute Gasteiger partial charge is 0.456 e. The second-order valence-corrected chi connectivity index (χ2v) is 5.89. The molecule has 2 aromatic rings. The van der Waals surface area contributed by atoms with Gasteiger partial charge in [0.1, 0.15) is 17.1 Å². The van der Waals surface area contributed by atoms with Crippen LogP contribution in [0.25, 0.3) is 0 Å². The minimum absolute atomic E-state index is 0.259. The zero-order valence-corrected chi connectivity index (χ0v) is 13.1. The van der Waals surface area contributed by atoms with Crippen molar-refractivity contribution in [1.82, 2.24) is 9.55 Å². The van der Waals surface area contributed by atoms with Crippen molar-refractivity contribution in [2.75, 3.05) is 5.32 Å². The predicted octanol–water partition coefficient (Wildman–Crippen LogP) is 2.63. The van der Waals surface area contributed by atoms with E-state index in [2.05, 4.69) is 10.3 Å². The number of aryl methyl sites for hydroxylation is 1. The van der Waals surface area contributed by atoms with Gasteiger partial charge in [0.15, 0.2) is 0 Å². The van der Waals surface area contributed by atoms with E-state index in [1.807, 2.05) is 0 Å². The van der Waals surface area contributed by atoms with E-state index < -0.39 is 11.6 Å². The SMILES string of the molecule is Cn1cccc1C(=O)Nc1ccc(C(=O)OC(C)(C)C)cn1. The summed E-state index contributed by atoms with van der Waals surface area (Å²) in [6.45, 7) is 5.40. The van der Waals surface area contributed by atoms with Crippen molar-refractivity contribution in [3.8, 4) is 0 Å².